The Kier molecular flexibility index (Phi) is 3.76. The molecule has 0 radical (unpaired) electrons. The molecule has 0 N–H and O–H groups in total. The molecule has 1 aliphatic rings. The van der Waals surface area contributed by atoms with Gasteiger partial charge in [-0.2, -0.15) is 0 Å². The van der Waals surface area contributed by atoms with Crippen molar-refractivity contribution in [2.75, 3.05) is 4.90 Å². The number of rotatable bonds is 3. The number of hydrogen-bond acceptors (Lipinski definition) is 4. The van der Waals surface area contributed by atoms with Gasteiger partial charge in [0.25, 0.3) is 11.6 Å². The summed E-state index contributed by atoms with van der Waals surface area (Å²) in [5, 5.41) is 11.5. The van der Waals surface area contributed by atoms with Crippen LogP contribution in [0.4, 0.5) is 11.4 Å². The Morgan fingerprint density at radius 3 is 2.77 bits per heavy atom. The molecule has 1 aromatic heterocycles. The van der Waals surface area contributed by atoms with Gasteiger partial charge in [-0.3, -0.25) is 14.9 Å². The molecule has 1 atom stereocenters. The molecule has 1 amide bonds. The standard InChI is InChI=1S/C19H16N4O3/c1-13-10-14-4-2-3-5-16(14)22(13)19(24)15-6-7-17(18(11-15)23(25)26)21-9-8-20-12-21/h2-9,11-13H,10H2,1H3. The van der Waals surface area contributed by atoms with Crippen molar-refractivity contribution in [3.63, 3.8) is 0 Å². The van der Waals surface area contributed by atoms with Gasteiger partial charge < -0.3 is 9.47 Å². The van der Waals surface area contributed by atoms with Crippen LogP contribution in [-0.4, -0.2) is 26.4 Å². The van der Waals surface area contributed by atoms with Crippen molar-refractivity contribution in [3.8, 4) is 5.69 Å². The molecule has 2 aromatic carbocycles. The summed E-state index contributed by atoms with van der Waals surface area (Å²) in [5.74, 6) is -0.234. The number of carbonyl (C=O) groups is 1. The molecule has 0 bridgehead atoms. The van der Waals surface area contributed by atoms with Crippen LogP contribution in [0.5, 0.6) is 0 Å². The number of para-hydroxylation sites is 1. The number of nitro groups is 1. The number of nitrogens with zero attached hydrogens (tertiary/aromatic N) is 4. The van der Waals surface area contributed by atoms with Crippen molar-refractivity contribution < 1.29 is 9.72 Å². The molecule has 0 aliphatic carbocycles. The lowest BCUT2D eigenvalue weighted by Gasteiger charge is -2.23. The summed E-state index contributed by atoms with van der Waals surface area (Å²) in [5.41, 5.74) is 2.52. The second-order valence-electron chi connectivity index (χ2n) is 6.29. The molecule has 3 aromatic rings. The van der Waals surface area contributed by atoms with Crippen molar-refractivity contribution in [3.05, 3.63) is 82.4 Å². The van der Waals surface area contributed by atoms with Crippen LogP contribution in [0.25, 0.3) is 5.69 Å². The third-order valence-corrected chi connectivity index (χ3v) is 4.63. The molecular weight excluding hydrogens is 332 g/mol. The lowest BCUT2D eigenvalue weighted by Crippen LogP contribution is -2.35. The van der Waals surface area contributed by atoms with E-state index < -0.39 is 4.92 Å². The second-order valence-corrected chi connectivity index (χ2v) is 6.29. The Labute approximate surface area is 149 Å². The zero-order valence-corrected chi connectivity index (χ0v) is 14.1. The number of carbonyl (C=O) groups excluding carboxylic acids is 1. The Hall–Kier alpha value is -3.48. The summed E-state index contributed by atoms with van der Waals surface area (Å²) in [6, 6.07) is 12.3. The lowest BCUT2D eigenvalue weighted by atomic mass is 10.1. The predicted octanol–water partition coefficient (Wildman–Crippen LogP) is 3.37. The van der Waals surface area contributed by atoms with Gasteiger partial charge in [-0.15, -0.1) is 0 Å². The van der Waals surface area contributed by atoms with E-state index in [2.05, 4.69) is 4.98 Å². The molecule has 130 valence electrons. The lowest BCUT2D eigenvalue weighted by molar-refractivity contribution is -0.384. The third-order valence-electron chi connectivity index (χ3n) is 4.63. The Balaban J connectivity index is 1.76. The third kappa shape index (κ3) is 2.54. The Bertz CT molecular complexity index is 998. The number of anilines is 1. The van der Waals surface area contributed by atoms with Gasteiger partial charge in [0.1, 0.15) is 5.69 Å². The monoisotopic (exact) mass is 348 g/mol. The van der Waals surface area contributed by atoms with E-state index in [9.17, 15) is 14.9 Å². The minimum Gasteiger partial charge on any atom is -0.305 e. The Morgan fingerprint density at radius 1 is 1.23 bits per heavy atom. The van der Waals surface area contributed by atoms with E-state index in [-0.39, 0.29) is 17.6 Å². The van der Waals surface area contributed by atoms with Crippen LogP contribution in [0.3, 0.4) is 0 Å². The second kappa shape index (κ2) is 6.11. The predicted molar refractivity (Wildman–Crippen MR) is 96.6 cm³/mol. The van der Waals surface area contributed by atoms with E-state index in [0.29, 0.717) is 11.3 Å². The number of benzene rings is 2. The van der Waals surface area contributed by atoms with Gasteiger partial charge in [-0.25, -0.2) is 4.98 Å². The van der Waals surface area contributed by atoms with Crippen molar-refractivity contribution in [1.82, 2.24) is 9.55 Å². The smallest absolute Gasteiger partial charge is 0.294 e. The van der Waals surface area contributed by atoms with Crippen LogP contribution in [0.15, 0.2) is 61.2 Å². The molecular formula is C19H16N4O3. The van der Waals surface area contributed by atoms with Gasteiger partial charge in [-0.1, -0.05) is 18.2 Å². The van der Waals surface area contributed by atoms with E-state index in [4.69, 9.17) is 0 Å². The molecule has 1 aliphatic heterocycles. The molecule has 26 heavy (non-hydrogen) atoms. The average Bonchev–Trinajstić information content (AvgIpc) is 3.27. The van der Waals surface area contributed by atoms with E-state index in [1.165, 1.54) is 12.4 Å². The van der Waals surface area contributed by atoms with Gasteiger partial charge in [0.05, 0.1) is 11.3 Å². The first kappa shape index (κ1) is 16.0. The minimum atomic E-state index is -0.479. The first-order chi connectivity index (χ1) is 12.6. The molecule has 7 nitrogen and oxygen atoms in total. The van der Waals surface area contributed by atoms with E-state index in [1.54, 1.807) is 34.0 Å². The van der Waals surface area contributed by atoms with Crippen molar-refractivity contribution in [2.45, 2.75) is 19.4 Å². The highest BCUT2D eigenvalue weighted by molar-refractivity contribution is 6.08. The van der Waals surface area contributed by atoms with Crippen LogP contribution in [0, 0.1) is 10.1 Å². The van der Waals surface area contributed by atoms with E-state index in [1.807, 2.05) is 31.2 Å². The summed E-state index contributed by atoms with van der Waals surface area (Å²) < 4.78 is 1.56. The topological polar surface area (TPSA) is 81.3 Å². The molecule has 0 saturated carbocycles. The van der Waals surface area contributed by atoms with Gasteiger partial charge in [-0.05, 0) is 37.1 Å². The average molecular weight is 348 g/mol. The van der Waals surface area contributed by atoms with Crippen molar-refractivity contribution in [2.24, 2.45) is 0 Å². The number of aromatic nitrogens is 2. The number of imidazole rings is 1. The molecule has 7 heteroatoms. The van der Waals surface area contributed by atoms with E-state index >= 15 is 0 Å². The normalized spacial score (nSPS) is 15.7. The summed E-state index contributed by atoms with van der Waals surface area (Å²) in [6.07, 6.45) is 5.44. The number of fused-ring (bicyclic) bond motifs is 1. The molecule has 1 unspecified atom stereocenters. The van der Waals surface area contributed by atoms with Crippen LogP contribution < -0.4 is 4.90 Å². The van der Waals surface area contributed by atoms with Crippen molar-refractivity contribution in [1.29, 1.82) is 0 Å². The van der Waals surface area contributed by atoms with Gasteiger partial charge >= 0.3 is 0 Å². The van der Waals surface area contributed by atoms with Crippen LogP contribution >= 0.6 is 0 Å². The minimum absolute atomic E-state index is 0.00674. The largest absolute Gasteiger partial charge is 0.305 e. The van der Waals surface area contributed by atoms with Crippen LogP contribution in [0.1, 0.15) is 22.8 Å². The molecule has 0 saturated heterocycles. The zero-order chi connectivity index (χ0) is 18.3. The highest BCUT2D eigenvalue weighted by atomic mass is 16.6. The summed E-state index contributed by atoms with van der Waals surface area (Å²) >= 11 is 0. The van der Waals surface area contributed by atoms with Crippen LogP contribution in [0.2, 0.25) is 0 Å². The maximum Gasteiger partial charge on any atom is 0.294 e. The van der Waals surface area contributed by atoms with Crippen LogP contribution in [-0.2, 0) is 6.42 Å². The summed E-state index contributed by atoms with van der Waals surface area (Å²) in [7, 11) is 0. The number of hydrogen-bond donors (Lipinski definition) is 0. The fourth-order valence-corrected chi connectivity index (χ4v) is 3.44. The molecule has 2 heterocycles. The van der Waals surface area contributed by atoms with Crippen molar-refractivity contribution >= 4 is 17.3 Å². The molecule has 0 spiro atoms. The fourth-order valence-electron chi connectivity index (χ4n) is 3.44. The molecule has 4 rings (SSSR count). The quantitative estimate of drug-likeness (QED) is 0.537. The SMILES string of the molecule is CC1Cc2ccccc2N1C(=O)c1ccc(-n2ccnc2)c([N+](=O)[O-])c1. The maximum absolute atomic E-state index is 13.1. The summed E-state index contributed by atoms with van der Waals surface area (Å²) in [6.45, 7) is 1.98. The van der Waals surface area contributed by atoms with E-state index in [0.717, 1.165) is 17.7 Å². The number of amides is 1. The highest BCUT2D eigenvalue weighted by Gasteiger charge is 2.32. The summed E-state index contributed by atoms with van der Waals surface area (Å²) in [4.78, 5) is 29.8. The zero-order valence-electron chi connectivity index (χ0n) is 14.1. The fraction of sp³-hybridized carbons (Fsp3) is 0.158. The van der Waals surface area contributed by atoms with Gasteiger partial charge in [0.15, 0.2) is 0 Å². The highest BCUT2D eigenvalue weighted by Crippen LogP contribution is 2.34. The van der Waals surface area contributed by atoms with Gasteiger partial charge in [0, 0.05) is 35.8 Å². The molecule has 0 fully saturated rings. The Morgan fingerprint density at radius 2 is 2.04 bits per heavy atom. The number of nitro benzene ring substituents is 1. The first-order valence-electron chi connectivity index (χ1n) is 8.24. The van der Waals surface area contributed by atoms with Gasteiger partial charge in [0.2, 0.25) is 0 Å². The maximum atomic E-state index is 13.1. The first-order valence-corrected chi connectivity index (χ1v) is 8.24.